The van der Waals surface area contributed by atoms with Gasteiger partial charge in [0.05, 0.1) is 27.5 Å². The van der Waals surface area contributed by atoms with E-state index in [-0.39, 0.29) is 23.7 Å². The molecular weight excluding hydrogens is 520 g/mol. The number of rotatable bonds is 5. The van der Waals surface area contributed by atoms with Crippen LogP contribution in [0.2, 0.25) is 0 Å². The fourth-order valence-electron chi connectivity index (χ4n) is 5.93. The first-order valence-corrected chi connectivity index (χ1v) is 12.9. The molecule has 6 rings (SSSR count). The minimum absolute atomic E-state index is 0.0250. The standard InChI is InChI=1S/C27H29BrN6O2/c1-4-27(9-7-15-5-6-16-12-18(28)24(30)33-19(16)11-15)13-20(21-22(27)36-26(2,3)35-21)34-10-8-17-23(29)31-14-32-25(17)34/h4-6,8,10-12,14,20-22H,1,7,9,13H2,2-3H3,(H2,30,33)(H2,29,31,32)/t20-,21+,22+,27+/m1/s1. The molecule has 9 heteroatoms. The van der Waals surface area contributed by atoms with Gasteiger partial charge >= 0.3 is 0 Å². The van der Waals surface area contributed by atoms with Crippen molar-refractivity contribution >= 4 is 49.5 Å². The predicted molar refractivity (Wildman–Crippen MR) is 144 cm³/mol. The summed E-state index contributed by atoms with van der Waals surface area (Å²) >= 11 is 3.46. The van der Waals surface area contributed by atoms with E-state index in [0.717, 1.165) is 45.7 Å². The lowest BCUT2D eigenvalue weighted by Crippen LogP contribution is -2.34. The van der Waals surface area contributed by atoms with Crippen molar-refractivity contribution in [2.45, 2.75) is 57.1 Å². The molecule has 0 bridgehead atoms. The number of aromatic nitrogens is 4. The van der Waals surface area contributed by atoms with Crippen LogP contribution in [0.1, 0.15) is 38.3 Å². The maximum atomic E-state index is 6.53. The molecule has 0 unspecified atom stereocenters. The van der Waals surface area contributed by atoms with Crippen molar-refractivity contribution < 1.29 is 9.47 Å². The Hall–Kier alpha value is -3.01. The largest absolute Gasteiger partial charge is 0.383 e. The SMILES string of the molecule is C=C[C@]1(CCc2ccc3cc(Br)c(N)nc3c2)C[C@@H](n2ccc3c(N)ncnc32)[C@@H]2OC(C)(C)O[C@@H]21. The predicted octanol–water partition coefficient (Wildman–Crippen LogP) is 5.18. The molecule has 1 aliphatic carbocycles. The summed E-state index contributed by atoms with van der Waals surface area (Å²) in [4.78, 5) is 13.2. The molecule has 1 aliphatic heterocycles. The molecule has 4 N–H and O–H groups in total. The van der Waals surface area contributed by atoms with Gasteiger partial charge in [-0.05, 0) is 72.8 Å². The first-order chi connectivity index (χ1) is 17.2. The van der Waals surface area contributed by atoms with E-state index in [2.05, 4.69) is 66.3 Å². The summed E-state index contributed by atoms with van der Waals surface area (Å²) in [6, 6.07) is 10.4. The fourth-order valence-corrected chi connectivity index (χ4v) is 6.27. The number of pyridine rings is 1. The van der Waals surface area contributed by atoms with Crippen molar-refractivity contribution in [3.05, 3.63) is 65.5 Å². The summed E-state index contributed by atoms with van der Waals surface area (Å²) in [6.07, 6.45) is 7.87. The van der Waals surface area contributed by atoms with Crippen LogP contribution < -0.4 is 11.5 Å². The third-order valence-electron chi connectivity index (χ3n) is 7.71. The molecule has 8 nitrogen and oxygen atoms in total. The highest BCUT2D eigenvalue weighted by Gasteiger charge is 2.60. The minimum atomic E-state index is -0.684. The van der Waals surface area contributed by atoms with Crippen LogP contribution in [-0.4, -0.2) is 37.5 Å². The van der Waals surface area contributed by atoms with Gasteiger partial charge in [0, 0.05) is 17.0 Å². The second-order valence-electron chi connectivity index (χ2n) is 10.3. The Balaban J connectivity index is 1.34. The van der Waals surface area contributed by atoms with Crippen LogP contribution >= 0.6 is 15.9 Å². The number of fused-ring (bicyclic) bond motifs is 3. The third kappa shape index (κ3) is 3.68. The van der Waals surface area contributed by atoms with Gasteiger partial charge in [0.2, 0.25) is 0 Å². The lowest BCUT2D eigenvalue weighted by atomic mass is 9.78. The van der Waals surface area contributed by atoms with Crippen LogP contribution in [0.3, 0.4) is 0 Å². The molecule has 2 fully saturated rings. The molecular formula is C27H29BrN6O2. The van der Waals surface area contributed by atoms with Gasteiger partial charge in [-0.2, -0.15) is 0 Å². The van der Waals surface area contributed by atoms with Crippen molar-refractivity contribution in [3.8, 4) is 0 Å². The van der Waals surface area contributed by atoms with Crippen LogP contribution in [0.5, 0.6) is 0 Å². The van der Waals surface area contributed by atoms with Gasteiger partial charge in [-0.15, -0.1) is 6.58 Å². The van der Waals surface area contributed by atoms with E-state index in [9.17, 15) is 0 Å². The van der Waals surface area contributed by atoms with E-state index in [1.165, 1.54) is 11.9 Å². The lowest BCUT2D eigenvalue weighted by molar-refractivity contribution is -0.165. The molecule has 0 spiro atoms. The van der Waals surface area contributed by atoms with Crippen LogP contribution in [0.4, 0.5) is 11.6 Å². The molecule has 3 aromatic heterocycles. The van der Waals surface area contributed by atoms with Gasteiger partial charge in [0.25, 0.3) is 0 Å². The van der Waals surface area contributed by atoms with Crippen molar-refractivity contribution in [1.82, 2.24) is 19.5 Å². The summed E-state index contributed by atoms with van der Waals surface area (Å²) in [5, 5.41) is 1.90. The molecule has 4 heterocycles. The van der Waals surface area contributed by atoms with E-state index in [4.69, 9.17) is 20.9 Å². The molecule has 4 aromatic rings. The van der Waals surface area contributed by atoms with Crippen LogP contribution in [0.25, 0.3) is 21.9 Å². The number of nitrogens with zero attached hydrogens (tertiary/aromatic N) is 4. The number of halogens is 1. The van der Waals surface area contributed by atoms with Crippen LogP contribution in [-0.2, 0) is 15.9 Å². The smallest absolute Gasteiger partial charge is 0.163 e. The average molecular weight is 549 g/mol. The zero-order valence-electron chi connectivity index (χ0n) is 20.3. The van der Waals surface area contributed by atoms with E-state index in [0.29, 0.717) is 11.6 Å². The second kappa shape index (κ2) is 8.26. The topological polar surface area (TPSA) is 114 Å². The number of nitrogen functional groups attached to an aromatic ring is 2. The third-order valence-corrected chi connectivity index (χ3v) is 8.34. The average Bonchev–Trinajstić information content (AvgIpc) is 3.49. The van der Waals surface area contributed by atoms with Crippen molar-refractivity contribution in [3.63, 3.8) is 0 Å². The van der Waals surface area contributed by atoms with Gasteiger partial charge in [0.1, 0.15) is 29.7 Å². The summed E-state index contributed by atoms with van der Waals surface area (Å²) in [6.45, 7) is 8.22. The summed E-state index contributed by atoms with van der Waals surface area (Å²) < 4.78 is 16.0. The fraction of sp³-hybridized carbons (Fsp3) is 0.370. The van der Waals surface area contributed by atoms with E-state index in [1.54, 1.807) is 0 Å². The quantitative estimate of drug-likeness (QED) is 0.330. The Labute approximate surface area is 217 Å². The number of anilines is 2. The zero-order valence-corrected chi connectivity index (χ0v) is 21.9. The molecule has 1 saturated carbocycles. The Morgan fingerprint density at radius 3 is 2.81 bits per heavy atom. The molecule has 4 atom stereocenters. The number of ether oxygens (including phenoxy) is 2. The number of nitrogens with two attached hydrogens (primary N) is 2. The molecule has 1 saturated heterocycles. The number of aryl methyl sites for hydroxylation is 1. The number of hydrogen-bond donors (Lipinski definition) is 2. The first kappa shape index (κ1) is 23.4. The summed E-state index contributed by atoms with van der Waals surface area (Å²) in [5.74, 6) is 0.285. The molecule has 186 valence electrons. The van der Waals surface area contributed by atoms with Gasteiger partial charge in [-0.3, -0.25) is 0 Å². The summed E-state index contributed by atoms with van der Waals surface area (Å²) in [5.41, 5.74) is 14.8. The van der Waals surface area contributed by atoms with Gasteiger partial charge in [-0.25, -0.2) is 15.0 Å². The van der Waals surface area contributed by atoms with E-state index >= 15 is 0 Å². The van der Waals surface area contributed by atoms with Crippen LogP contribution in [0, 0.1) is 5.41 Å². The van der Waals surface area contributed by atoms with Gasteiger partial charge in [-0.1, -0.05) is 18.2 Å². The monoisotopic (exact) mass is 548 g/mol. The summed E-state index contributed by atoms with van der Waals surface area (Å²) in [7, 11) is 0. The van der Waals surface area contributed by atoms with Gasteiger partial charge < -0.3 is 25.5 Å². The highest BCUT2D eigenvalue weighted by atomic mass is 79.9. The highest BCUT2D eigenvalue weighted by Crippen LogP contribution is 2.56. The number of benzene rings is 1. The molecule has 0 radical (unpaired) electrons. The van der Waals surface area contributed by atoms with Crippen molar-refractivity contribution in [2.24, 2.45) is 5.41 Å². The molecule has 0 amide bonds. The Bertz CT molecular complexity index is 1500. The maximum Gasteiger partial charge on any atom is 0.163 e. The Morgan fingerprint density at radius 2 is 2.00 bits per heavy atom. The first-order valence-electron chi connectivity index (χ1n) is 12.1. The van der Waals surface area contributed by atoms with Crippen molar-refractivity contribution in [1.29, 1.82) is 0 Å². The van der Waals surface area contributed by atoms with E-state index in [1.807, 2.05) is 32.2 Å². The van der Waals surface area contributed by atoms with Gasteiger partial charge in [0.15, 0.2) is 5.79 Å². The highest BCUT2D eigenvalue weighted by molar-refractivity contribution is 9.10. The molecule has 1 aromatic carbocycles. The van der Waals surface area contributed by atoms with Crippen LogP contribution in [0.15, 0.2) is 60.0 Å². The minimum Gasteiger partial charge on any atom is -0.383 e. The molecule has 2 aliphatic rings. The number of hydrogen-bond acceptors (Lipinski definition) is 7. The Morgan fingerprint density at radius 1 is 1.17 bits per heavy atom. The Kier molecular flexibility index (Phi) is 5.37. The lowest BCUT2D eigenvalue weighted by Gasteiger charge is -2.32. The zero-order chi connectivity index (χ0) is 25.2. The second-order valence-corrected chi connectivity index (χ2v) is 11.2. The normalized spacial score (nSPS) is 27.0. The van der Waals surface area contributed by atoms with Crippen molar-refractivity contribution in [2.75, 3.05) is 11.5 Å². The van der Waals surface area contributed by atoms with E-state index < -0.39 is 5.79 Å². The molecule has 36 heavy (non-hydrogen) atoms. The maximum absolute atomic E-state index is 6.53.